The van der Waals surface area contributed by atoms with Crippen molar-refractivity contribution in [3.8, 4) is 5.75 Å². The third-order valence-corrected chi connectivity index (χ3v) is 6.34. The third-order valence-electron chi connectivity index (χ3n) is 4.15. The molecule has 0 radical (unpaired) electrons. The Kier molecular flexibility index (Phi) is 6.66. The molecule has 1 N–H and O–H groups in total. The number of rotatable bonds is 5. The van der Waals surface area contributed by atoms with Crippen molar-refractivity contribution in [1.82, 2.24) is 14.2 Å². The summed E-state index contributed by atoms with van der Waals surface area (Å²) in [6.07, 6.45) is -0.541. The van der Waals surface area contributed by atoms with E-state index in [4.69, 9.17) is 16.3 Å². The second kappa shape index (κ2) is 8.33. The first-order valence-electron chi connectivity index (χ1n) is 8.93. The van der Waals surface area contributed by atoms with Crippen LogP contribution in [0.15, 0.2) is 23.1 Å². The van der Waals surface area contributed by atoms with Crippen molar-refractivity contribution in [1.29, 1.82) is 0 Å². The van der Waals surface area contributed by atoms with Crippen molar-refractivity contribution in [3.63, 3.8) is 0 Å². The number of likely N-dealkylation sites (N-methyl/N-ethyl adjacent to an activating group) is 2. The number of pyridine rings is 1. The van der Waals surface area contributed by atoms with E-state index in [1.54, 1.807) is 39.8 Å². The first kappa shape index (κ1) is 23.2. The minimum absolute atomic E-state index is 0.0390. The number of nitrogens with zero attached hydrogens (tertiary/aromatic N) is 3. The summed E-state index contributed by atoms with van der Waals surface area (Å²) in [6, 6.07) is 4.45. The van der Waals surface area contributed by atoms with Crippen molar-refractivity contribution in [2.24, 2.45) is 0 Å². The van der Waals surface area contributed by atoms with Crippen molar-refractivity contribution in [2.45, 2.75) is 38.2 Å². The zero-order chi connectivity index (χ0) is 22.1. The molecule has 0 saturated carbocycles. The maximum absolute atomic E-state index is 13.1. The zero-order valence-corrected chi connectivity index (χ0v) is 18.9. The van der Waals surface area contributed by atoms with Crippen LogP contribution in [0.25, 0.3) is 10.9 Å². The van der Waals surface area contributed by atoms with Gasteiger partial charge in [-0.1, -0.05) is 11.6 Å². The van der Waals surface area contributed by atoms with Crippen LogP contribution < -0.4 is 0 Å². The smallest absolute Gasteiger partial charge is 0.410 e. The van der Waals surface area contributed by atoms with E-state index in [-0.39, 0.29) is 39.7 Å². The molecule has 1 amide bonds. The molecule has 0 saturated heterocycles. The van der Waals surface area contributed by atoms with Gasteiger partial charge in [-0.2, -0.15) is 4.31 Å². The van der Waals surface area contributed by atoms with Crippen LogP contribution in [0.5, 0.6) is 5.75 Å². The number of carbonyl (C=O) groups excluding carboxylic acids is 1. The number of aryl methyl sites for hydroxylation is 1. The highest BCUT2D eigenvalue weighted by Crippen LogP contribution is 2.36. The molecule has 10 heteroatoms. The van der Waals surface area contributed by atoms with Crippen molar-refractivity contribution in [2.75, 3.05) is 27.2 Å². The Hall–Kier alpha value is -2.10. The summed E-state index contributed by atoms with van der Waals surface area (Å²) in [5.41, 5.74) is 0.0944. The number of amides is 1. The van der Waals surface area contributed by atoms with E-state index < -0.39 is 21.7 Å². The minimum Gasteiger partial charge on any atom is -0.504 e. The molecular formula is C19H26ClN3O5S. The SMILES string of the molecule is Cc1ccc2c(S(=O)(=O)N(C)CCN(C)C(=O)OC(C)(C)C)cc(Cl)c(O)c2n1. The standard InChI is InChI=1S/C19H26ClN3O5S/c1-12-7-8-13-15(11-14(20)17(24)16(13)21-12)29(26,27)23(6)10-9-22(5)18(25)28-19(2,3)4/h7-8,11,24H,9-10H2,1-6H3. The van der Waals surface area contributed by atoms with E-state index in [9.17, 15) is 18.3 Å². The van der Waals surface area contributed by atoms with Crippen LogP contribution >= 0.6 is 11.6 Å². The van der Waals surface area contributed by atoms with Gasteiger partial charge in [-0.25, -0.2) is 18.2 Å². The number of ether oxygens (including phenoxy) is 1. The Morgan fingerprint density at radius 3 is 2.45 bits per heavy atom. The molecule has 0 aliphatic rings. The molecule has 2 aromatic rings. The van der Waals surface area contributed by atoms with Gasteiger partial charge in [0, 0.05) is 38.3 Å². The molecule has 0 unspecified atom stereocenters. The lowest BCUT2D eigenvalue weighted by Gasteiger charge is -2.26. The molecule has 160 valence electrons. The number of sulfonamides is 1. The highest BCUT2D eigenvalue weighted by atomic mass is 35.5. The topological polar surface area (TPSA) is 100 Å². The van der Waals surface area contributed by atoms with E-state index >= 15 is 0 Å². The fourth-order valence-electron chi connectivity index (χ4n) is 2.53. The third kappa shape index (κ3) is 5.29. The van der Waals surface area contributed by atoms with Crippen LogP contribution in [-0.2, 0) is 14.8 Å². The fourth-order valence-corrected chi connectivity index (χ4v) is 4.16. The van der Waals surface area contributed by atoms with Gasteiger partial charge in [0.2, 0.25) is 10.0 Å². The number of hydrogen-bond acceptors (Lipinski definition) is 6. The van der Waals surface area contributed by atoms with E-state index in [0.717, 1.165) is 4.31 Å². The second-order valence-electron chi connectivity index (χ2n) is 7.78. The number of phenols is 1. The Balaban J connectivity index is 2.29. The number of aromatic nitrogens is 1. The molecular weight excluding hydrogens is 418 g/mol. The van der Waals surface area contributed by atoms with Gasteiger partial charge in [0.25, 0.3) is 0 Å². The molecule has 0 bridgehead atoms. The van der Waals surface area contributed by atoms with E-state index in [0.29, 0.717) is 5.69 Å². The Bertz CT molecular complexity index is 1030. The Morgan fingerprint density at radius 2 is 1.86 bits per heavy atom. The van der Waals surface area contributed by atoms with Crippen molar-refractivity contribution in [3.05, 3.63) is 28.9 Å². The summed E-state index contributed by atoms with van der Waals surface area (Å²) in [5, 5.41) is 10.3. The average molecular weight is 444 g/mol. The first-order valence-corrected chi connectivity index (χ1v) is 10.7. The van der Waals surface area contributed by atoms with Gasteiger partial charge in [0.15, 0.2) is 5.75 Å². The minimum atomic E-state index is -3.96. The lowest BCUT2D eigenvalue weighted by Crippen LogP contribution is -2.39. The maximum atomic E-state index is 13.1. The van der Waals surface area contributed by atoms with Crippen LogP contribution in [-0.4, -0.2) is 66.6 Å². The van der Waals surface area contributed by atoms with Gasteiger partial charge in [-0.15, -0.1) is 0 Å². The number of halogens is 1. The molecule has 0 aliphatic heterocycles. The zero-order valence-electron chi connectivity index (χ0n) is 17.4. The molecule has 2 rings (SSSR count). The second-order valence-corrected chi connectivity index (χ2v) is 10.2. The van der Waals surface area contributed by atoms with Gasteiger partial charge in [0.05, 0.1) is 9.92 Å². The van der Waals surface area contributed by atoms with Gasteiger partial charge in [-0.05, 0) is 45.9 Å². The molecule has 29 heavy (non-hydrogen) atoms. The largest absolute Gasteiger partial charge is 0.504 e. The van der Waals surface area contributed by atoms with Crippen LogP contribution in [0.3, 0.4) is 0 Å². The van der Waals surface area contributed by atoms with Gasteiger partial charge in [0.1, 0.15) is 11.1 Å². The Morgan fingerprint density at radius 1 is 1.24 bits per heavy atom. The van der Waals surface area contributed by atoms with Crippen LogP contribution in [0, 0.1) is 6.92 Å². The lowest BCUT2D eigenvalue weighted by atomic mass is 10.2. The van der Waals surface area contributed by atoms with Gasteiger partial charge in [-0.3, -0.25) is 0 Å². The van der Waals surface area contributed by atoms with E-state index in [2.05, 4.69) is 4.98 Å². The molecule has 8 nitrogen and oxygen atoms in total. The highest BCUT2D eigenvalue weighted by molar-refractivity contribution is 7.89. The van der Waals surface area contributed by atoms with Crippen molar-refractivity contribution >= 4 is 38.6 Å². The normalized spacial score (nSPS) is 12.4. The predicted molar refractivity (Wildman–Crippen MR) is 112 cm³/mol. The summed E-state index contributed by atoms with van der Waals surface area (Å²) < 4.78 is 32.6. The predicted octanol–water partition coefficient (Wildman–Crippen LogP) is 3.39. The highest BCUT2D eigenvalue weighted by Gasteiger charge is 2.27. The average Bonchev–Trinajstić information content (AvgIpc) is 2.60. The summed E-state index contributed by atoms with van der Waals surface area (Å²) in [4.78, 5) is 17.5. The monoisotopic (exact) mass is 443 g/mol. The quantitative estimate of drug-likeness (QED) is 0.760. The van der Waals surface area contributed by atoms with E-state index in [1.165, 1.54) is 25.1 Å². The molecule has 0 fully saturated rings. The summed E-state index contributed by atoms with van der Waals surface area (Å²) >= 11 is 6.04. The molecule has 0 spiro atoms. The summed E-state index contributed by atoms with van der Waals surface area (Å²) in [7, 11) is -1.01. The molecule has 1 aromatic heterocycles. The molecule has 0 aliphatic carbocycles. The maximum Gasteiger partial charge on any atom is 0.410 e. The lowest BCUT2D eigenvalue weighted by molar-refractivity contribution is 0.0294. The number of hydrogen-bond donors (Lipinski definition) is 1. The number of fused-ring (bicyclic) bond motifs is 1. The van der Waals surface area contributed by atoms with Crippen LogP contribution in [0.1, 0.15) is 26.5 Å². The number of benzene rings is 1. The van der Waals surface area contributed by atoms with Crippen LogP contribution in [0.4, 0.5) is 4.79 Å². The van der Waals surface area contributed by atoms with Crippen LogP contribution in [0.2, 0.25) is 5.02 Å². The molecule has 1 aromatic carbocycles. The van der Waals surface area contributed by atoms with Gasteiger partial charge < -0.3 is 14.7 Å². The van der Waals surface area contributed by atoms with Crippen molar-refractivity contribution < 1.29 is 23.1 Å². The fraction of sp³-hybridized carbons (Fsp3) is 0.474. The first-order chi connectivity index (χ1) is 13.2. The molecule has 1 heterocycles. The number of phenolic OH excluding ortho intramolecular Hbond substituents is 1. The van der Waals surface area contributed by atoms with E-state index in [1.807, 2.05) is 0 Å². The number of aromatic hydroxyl groups is 1. The molecule has 0 atom stereocenters. The van der Waals surface area contributed by atoms with Gasteiger partial charge >= 0.3 is 6.09 Å². The summed E-state index contributed by atoms with van der Waals surface area (Å²) in [5.74, 6) is -0.267. The Labute approximate surface area is 176 Å². The number of carbonyl (C=O) groups is 1. The summed E-state index contributed by atoms with van der Waals surface area (Å²) in [6.45, 7) is 7.16.